The van der Waals surface area contributed by atoms with Crippen LogP contribution < -0.4 is 4.74 Å². The number of H-pyrrole nitrogens is 1. The van der Waals surface area contributed by atoms with E-state index in [1.165, 1.54) is 18.1 Å². The van der Waals surface area contributed by atoms with Crippen molar-refractivity contribution in [3.8, 4) is 5.75 Å². The monoisotopic (exact) mass is 318 g/mol. The number of benzene rings is 1. The molecule has 0 aliphatic carbocycles. The van der Waals surface area contributed by atoms with Crippen LogP contribution in [0.1, 0.15) is 16.3 Å². The number of rotatable bonds is 6. The highest BCUT2D eigenvalue weighted by atomic mass is 19.1. The number of nitrogens with zero attached hydrogens (tertiary/aromatic N) is 3. The molecular weight excluding hydrogens is 303 g/mol. The van der Waals surface area contributed by atoms with E-state index < -0.39 is 12.6 Å². The number of methoxy groups -OCH3 is 1. The van der Waals surface area contributed by atoms with Crippen LogP contribution in [0.3, 0.4) is 0 Å². The van der Waals surface area contributed by atoms with Crippen LogP contribution in [0.5, 0.6) is 5.75 Å². The first-order chi connectivity index (χ1) is 11.2. The molecule has 0 atom stereocenters. The van der Waals surface area contributed by atoms with Crippen molar-refractivity contribution in [2.24, 2.45) is 0 Å². The molecule has 2 heterocycles. The number of alkyl halides is 1. The maximum atomic E-state index is 12.4. The summed E-state index contributed by atoms with van der Waals surface area (Å²) in [6, 6.07) is 7.09. The Hall–Kier alpha value is -2.90. The Bertz CT molecular complexity index is 827. The lowest BCUT2D eigenvalue weighted by Gasteiger charge is -2.07. The summed E-state index contributed by atoms with van der Waals surface area (Å²) in [6.07, 6.45) is 1.36. The number of esters is 1. The van der Waals surface area contributed by atoms with Crippen molar-refractivity contribution in [1.82, 2.24) is 19.7 Å². The average Bonchev–Trinajstić information content (AvgIpc) is 3.19. The van der Waals surface area contributed by atoms with Gasteiger partial charge in [-0.15, -0.1) is 0 Å². The van der Waals surface area contributed by atoms with Crippen LogP contribution in [0.4, 0.5) is 4.39 Å². The smallest absolute Gasteiger partial charge is 0.354 e. The summed E-state index contributed by atoms with van der Waals surface area (Å²) in [6.45, 7) is -0.233. The van der Waals surface area contributed by atoms with Gasteiger partial charge in [-0.05, 0) is 18.2 Å². The first-order valence-corrected chi connectivity index (χ1v) is 6.98. The second-order valence-corrected chi connectivity index (χ2v) is 4.77. The molecule has 2 aromatic heterocycles. The van der Waals surface area contributed by atoms with E-state index in [0.29, 0.717) is 17.3 Å². The van der Waals surface area contributed by atoms with Gasteiger partial charge in [-0.25, -0.2) is 18.9 Å². The Balaban J connectivity index is 1.83. The molecule has 23 heavy (non-hydrogen) atoms. The van der Waals surface area contributed by atoms with Gasteiger partial charge in [-0.1, -0.05) is 6.07 Å². The summed E-state index contributed by atoms with van der Waals surface area (Å²) < 4.78 is 24.4. The minimum absolute atomic E-state index is 0.138. The minimum atomic E-state index is -0.522. The number of hydrogen-bond acceptors (Lipinski definition) is 5. The lowest BCUT2D eigenvalue weighted by molar-refractivity contribution is 0.0595. The van der Waals surface area contributed by atoms with E-state index in [0.717, 1.165) is 10.9 Å². The van der Waals surface area contributed by atoms with Crippen LogP contribution in [0.15, 0.2) is 30.6 Å². The van der Waals surface area contributed by atoms with E-state index in [9.17, 15) is 9.18 Å². The van der Waals surface area contributed by atoms with Gasteiger partial charge in [0, 0.05) is 10.9 Å². The molecule has 0 fully saturated rings. The van der Waals surface area contributed by atoms with Gasteiger partial charge < -0.3 is 14.5 Å². The molecule has 0 amide bonds. The number of ether oxygens (including phenoxy) is 2. The Morgan fingerprint density at radius 1 is 1.43 bits per heavy atom. The van der Waals surface area contributed by atoms with Gasteiger partial charge in [0.2, 0.25) is 0 Å². The highest BCUT2D eigenvalue weighted by Crippen LogP contribution is 2.27. The number of aromatic nitrogens is 4. The lowest BCUT2D eigenvalue weighted by atomic mass is 10.2. The lowest BCUT2D eigenvalue weighted by Crippen LogP contribution is -2.10. The van der Waals surface area contributed by atoms with E-state index in [-0.39, 0.29) is 13.2 Å². The molecular formula is C15H15FN4O3. The second kappa shape index (κ2) is 6.47. The van der Waals surface area contributed by atoms with Gasteiger partial charge >= 0.3 is 5.97 Å². The number of nitrogens with one attached hydrogen (secondary N) is 1. The fourth-order valence-corrected chi connectivity index (χ4v) is 2.28. The van der Waals surface area contributed by atoms with Crippen molar-refractivity contribution in [2.45, 2.75) is 13.2 Å². The standard InChI is InChI=1S/C15H15FN4O3/c1-22-15(21)12-7-10-11(19-12)3-2-4-13(10)23-8-14-17-9-18-20(14)6-5-16/h2-4,7,9,19H,5-6,8H2,1H3. The van der Waals surface area contributed by atoms with Crippen LogP contribution in [0.25, 0.3) is 10.9 Å². The molecule has 120 valence electrons. The van der Waals surface area contributed by atoms with E-state index in [1.54, 1.807) is 12.1 Å². The van der Waals surface area contributed by atoms with Gasteiger partial charge in [0.25, 0.3) is 0 Å². The normalized spacial score (nSPS) is 10.9. The maximum Gasteiger partial charge on any atom is 0.354 e. The largest absolute Gasteiger partial charge is 0.485 e. The van der Waals surface area contributed by atoms with Crippen LogP contribution in [-0.4, -0.2) is 39.5 Å². The summed E-state index contributed by atoms with van der Waals surface area (Å²) in [7, 11) is 1.32. The molecule has 1 N–H and O–H groups in total. The SMILES string of the molecule is COC(=O)c1cc2c(OCc3ncnn3CCF)cccc2[nH]1. The van der Waals surface area contributed by atoms with Gasteiger partial charge in [-0.2, -0.15) is 5.10 Å². The Morgan fingerprint density at radius 3 is 3.09 bits per heavy atom. The Labute approximate surface area is 131 Å². The number of carbonyl (C=O) groups is 1. The summed E-state index contributed by atoms with van der Waals surface area (Å²) in [5, 5.41) is 4.69. The van der Waals surface area contributed by atoms with E-state index >= 15 is 0 Å². The van der Waals surface area contributed by atoms with Crippen molar-refractivity contribution in [3.63, 3.8) is 0 Å². The second-order valence-electron chi connectivity index (χ2n) is 4.77. The molecule has 0 spiro atoms. The zero-order chi connectivity index (χ0) is 16.2. The number of carbonyl (C=O) groups excluding carboxylic acids is 1. The van der Waals surface area contributed by atoms with E-state index in [4.69, 9.17) is 9.47 Å². The van der Waals surface area contributed by atoms with E-state index in [1.807, 2.05) is 12.1 Å². The number of fused-ring (bicyclic) bond motifs is 1. The average molecular weight is 318 g/mol. The molecule has 0 aliphatic rings. The Morgan fingerprint density at radius 2 is 2.30 bits per heavy atom. The molecule has 0 unspecified atom stereocenters. The summed E-state index contributed by atoms with van der Waals surface area (Å²) in [4.78, 5) is 18.6. The number of halogens is 1. The van der Waals surface area contributed by atoms with Crippen LogP contribution >= 0.6 is 0 Å². The highest BCUT2D eigenvalue weighted by Gasteiger charge is 2.13. The molecule has 0 saturated heterocycles. The molecule has 7 nitrogen and oxygen atoms in total. The number of hydrogen-bond donors (Lipinski definition) is 1. The summed E-state index contributed by atoms with van der Waals surface area (Å²) in [5.74, 6) is 0.668. The third-order valence-corrected chi connectivity index (χ3v) is 3.38. The van der Waals surface area contributed by atoms with Crippen LogP contribution in [0, 0.1) is 0 Å². The van der Waals surface area contributed by atoms with Gasteiger partial charge in [-0.3, -0.25) is 0 Å². The summed E-state index contributed by atoms with van der Waals surface area (Å²) in [5.41, 5.74) is 1.10. The van der Waals surface area contributed by atoms with Crippen molar-refractivity contribution < 1.29 is 18.7 Å². The fourth-order valence-electron chi connectivity index (χ4n) is 2.28. The predicted molar refractivity (Wildman–Crippen MR) is 80.0 cm³/mol. The van der Waals surface area contributed by atoms with Gasteiger partial charge in [0.15, 0.2) is 5.82 Å². The molecule has 3 rings (SSSR count). The van der Waals surface area contributed by atoms with Crippen molar-refractivity contribution >= 4 is 16.9 Å². The quantitative estimate of drug-likeness (QED) is 0.704. The first-order valence-electron chi connectivity index (χ1n) is 6.98. The molecule has 0 aliphatic heterocycles. The zero-order valence-electron chi connectivity index (χ0n) is 12.5. The Kier molecular flexibility index (Phi) is 4.22. The maximum absolute atomic E-state index is 12.4. The fraction of sp³-hybridized carbons (Fsp3) is 0.267. The van der Waals surface area contributed by atoms with Crippen molar-refractivity contribution in [1.29, 1.82) is 0 Å². The van der Waals surface area contributed by atoms with Gasteiger partial charge in [0.05, 0.1) is 13.7 Å². The minimum Gasteiger partial charge on any atom is -0.485 e. The van der Waals surface area contributed by atoms with E-state index in [2.05, 4.69) is 15.1 Å². The van der Waals surface area contributed by atoms with Crippen LogP contribution in [-0.2, 0) is 17.9 Å². The third kappa shape index (κ3) is 3.01. The van der Waals surface area contributed by atoms with Crippen molar-refractivity contribution in [2.75, 3.05) is 13.8 Å². The summed E-state index contributed by atoms with van der Waals surface area (Å²) >= 11 is 0. The molecule has 0 saturated carbocycles. The number of aromatic amines is 1. The topological polar surface area (TPSA) is 82.0 Å². The van der Waals surface area contributed by atoms with Crippen molar-refractivity contribution in [3.05, 3.63) is 42.1 Å². The number of aryl methyl sites for hydroxylation is 1. The molecule has 8 heteroatoms. The van der Waals surface area contributed by atoms with Gasteiger partial charge in [0.1, 0.15) is 31.1 Å². The predicted octanol–water partition coefficient (Wildman–Crippen LogP) is 2.09. The molecule has 1 aromatic carbocycles. The molecule has 0 bridgehead atoms. The first kappa shape index (κ1) is 15.0. The zero-order valence-corrected chi connectivity index (χ0v) is 12.5. The highest BCUT2D eigenvalue weighted by molar-refractivity contribution is 5.96. The molecule has 0 radical (unpaired) electrons. The molecule has 3 aromatic rings. The van der Waals surface area contributed by atoms with Crippen LogP contribution in [0.2, 0.25) is 0 Å². The third-order valence-electron chi connectivity index (χ3n) is 3.38.